The van der Waals surface area contributed by atoms with Crippen LogP contribution in [0.1, 0.15) is 59.8 Å². The zero-order chi connectivity index (χ0) is 22.0. The zero-order valence-electron chi connectivity index (χ0n) is 18.4. The lowest BCUT2D eigenvalue weighted by Gasteiger charge is -2.45. The molecule has 0 aromatic rings. The van der Waals surface area contributed by atoms with Crippen LogP contribution in [0.15, 0.2) is 0 Å². The summed E-state index contributed by atoms with van der Waals surface area (Å²) in [6.45, 7) is 9.00. The number of alkyl halides is 2. The van der Waals surface area contributed by atoms with Gasteiger partial charge in [0.05, 0.1) is 13.2 Å². The van der Waals surface area contributed by atoms with Crippen LogP contribution in [-0.4, -0.2) is 78.2 Å². The molecule has 3 rings (SSSR count). The molecular weight excluding hydrogens is 384 g/mol. The van der Waals surface area contributed by atoms with E-state index < -0.39 is 22.8 Å². The Bertz CT molecular complexity index is 597. The molecule has 2 aliphatic carbocycles. The Morgan fingerprint density at radius 1 is 1.21 bits per heavy atom. The summed E-state index contributed by atoms with van der Waals surface area (Å²) in [7, 11) is 2.74. The monoisotopic (exact) mass is 419 g/mol. The molecule has 1 aliphatic heterocycles. The molecule has 1 saturated heterocycles. The summed E-state index contributed by atoms with van der Waals surface area (Å²) in [5, 5.41) is 3.75. The zero-order valence-corrected chi connectivity index (χ0v) is 18.4. The maximum Gasteiger partial charge on any atom is 0.407 e. The van der Waals surface area contributed by atoms with E-state index in [1.807, 2.05) is 27.7 Å². The summed E-state index contributed by atoms with van der Waals surface area (Å²) < 4.78 is 32.2. The normalized spacial score (nSPS) is 23.0. The van der Waals surface area contributed by atoms with E-state index in [1.54, 1.807) is 0 Å². The number of carbonyl (C=O) groups is 2. The van der Waals surface area contributed by atoms with E-state index in [1.165, 1.54) is 14.2 Å². The molecule has 2 amide bonds. The van der Waals surface area contributed by atoms with Crippen LogP contribution < -0.4 is 5.32 Å². The molecule has 1 N–H and O–H groups in total. The van der Waals surface area contributed by atoms with Crippen molar-refractivity contribution in [1.82, 2.24) is 15.3 Å². The minimum Gasteiger partial charge on any atom is -0.444 e. The van der Waals surface area contributed by atoms with Gasteiger partial charge in [0.2, 0.25) is 0 Å². The maximum atomic E-state index is 14.1. The van der Waals surface area contributed by atoms with Crippen LogP contribution in [0.3, 0.4) is 0 Å². The highest BCUT2D eigenvalue weighted by atomic mass is 19.1. The second-order valence-corrected chi connectivity index (χ2v) is 9.21. The summed E-state index contributed by atoms with van der Waals surface area (Å²) >= 11 is 0. The first kappa shape index (κ1) is 23.8. The molecule has 3 fully saturated rings. The fraction of sp³-hybridized carbons (Fsp3) is 0.900. The summed E-state index contributed by atoms with van der Waals surface area (Å²) in [5.41, 5.74) is -3.05. The van der Waals surface area contributed by atoms with Crippen molar-refractivity contribution in [2.75, 3.05) is 27.2 Å². The molecule has 1 atom stereocenters. The second kappa shape index (κ2) is 8.71. The number of hydrogen-bond acceptors (Lipinski definition) is 5. The standard InChI is InChI=1S/C14H25FN2O2.C6H10FNO2/c1-5-11(14(15)6-7-14)17-8-10(9-17)16-12(18)19-13(2,3)4;1-8(10-2)5(9)6(7)3-4-6/h10-11H,5-9H2,1-4H3,(H,16,18);3-4H2,1-2H3. The molecule has 7 nitrogen and oxygen atoms in total. The number of ether oxygens (including phenoxy) is 1. The highest BCUT2D eigenvalue weighted by Gasteiger charge is 2.54. The van der Waals surface area contributed by atoms with Crippen molar-refractivity contribution in [3.63, 3.8) is 0 Å². The molecule has 2 saturated carbocycles. The van der Waals surface area contributed by atoms with E-state index in [0.29, 0.717) is 25.7 Å². The highest BCUT2D eigenvalue weighted by Crippen LogP contribution is 2.47. The van der Waals surface area contributed by atoms with E-state index in [2.05, 4.69) is 15.1 Å². The average molecular weight is 420 g/mol. The molecule has 1 heterocycles. The highest BCUT2D eigenvalue weighted by molar-refractivity contribution is 5.86. The first-order valence-electron chi connectivity index (χ1n) is 10.3. The van der Waals surface area contributed by atoms with Gasteiger partial charge < -0.3 is 10.1 Å². The Hall–Kier alpha value is -1.48. The fourth-order valence-corrected chi connectivity index (χ4v) is 3.43. The average Bonchev–Trinajstić information content (AvgIpc) is 3.50. The van der Waals surface area contributed by atoms with Gasteiger partial charge in [-0.1, -0.05) is 6.92 Å². The number of hydrogen-bond donors (Lipinski definition) is 1. The Morgan fingerprint density at radius 3 is 2.14 bits per heavy atom. The third-order valence-corrected chi connectivity index (χ3v) is 5.42. The van der Waals surface area contributed by atoms with Crippen LogP contribution in [-0.2, 0) is 14.4 Å². The molecule has 0 aromatic carbocycles. The van der Waals surface area contributed by atoms with Crippen molar-refractivity contribution in [2.45, 2.75) is 88.8 Å². The van der Waals surface area contributed by atoms with Crippen LogP contribution in [0.2, 0.25) is 0 Å². The van der Waals surface area contributed by atoms with Gasteiger partial charge in [0.25, 0.3) is 5.91 Å². The quantitative estimate of drug-likeness (QED) is 0.671. The summed E-state index contributed by atoms with van der Waals surface area (Å²) in [6, 6.07) is 0.107. The SMILES string of the molecule is CCC(N1CC(NC(=O)OC(C)(C)C)C1)C1(F)CC1.CON(C)C(=O)C1(F)CC1. The van der Waals surface area contributed by atoms with Crippen LogP contribution in [0.5, 0.6) is 0 Å². The lowest BCUT2D eigenvalue weighted by atomic mass is 9.99. The minimum absolute atomic E-state index is 0.0178. The van der Waals surface area contributed by atoms with Crippen LogP contribution in [0, 0.1) is 0 Å². The second-order valence-electron chi connectivity index (χ2n) is 9.21. The molecule has 0 bridgehead atoms. The van der Waals surface area contributed by atoms with Crippen molar-refractivity contribution in [1.29, 1.82) is 0 Å². The van der Waals surface area contributed by atoms with Crippen LogP contribution in [0.25, 0.3) is 0 Å². The van der Waals surface area contributed by atoms with E-state index in [-0.39, 0.29) is 18.2 Å². The van der Waals surface area contributed by atoms with Gasteiger partial charge in [-0.05, 0) is 52.9 Å². The van der Waals surface area contributed by atoms with Crippen molar-refractivity contribution >= 4 is 12.0 Å². The van der Waals surface area contributed by atoms with Crippen LogP contribution in [0.4, 0.5) is 13.6 Å². The number of rotatable bonds is 6. The van der Waals surface area contributed by atoms with Crippen molar-refractivity contribution in [3.8, 4) is 0 Å². The topological polar surface area (TPSA) is 71.1 Å². The van der Waals surface area contributed by atoms with Gasteiger partial charge in [0, 0.05) is 26.2 Å². The number of nitrogens with one attached hydrogen (secondary N) is 1. The van der Waals surface area contributed by atoms with Gasteiger partial charge in [-0.3, -0.25) is 14.5 Å². The molecule has 0 radical (unpaired) electrons. The summed E-state index contributed by atoms with van der Waals surface area (Å²) in [5.74, 6) is -0.574. The largest absolute Gasteiger partial charge is 0.444 e. The number of halogens is 2. The molecular formula is C20H35F2N3O4. The number of likely N-dealkylation sites (tertiary alicyclic amines) is 1. The Kier molecular flexibility index (Phi) is 7.15. The Morgan fingerprint density at radius 2 is 1.76 bits per heavy atom. The first-order chi connectivity index (χ1) is 13.3. The molecule has 0 aromatic heterocycles. The molecule has 9 heteroatoms. The van der Waals surface area contributed by atoms with E-state index >= 15 is 0 Å². The van der Waals surface area contributed by atoms with Gasteiger partial charge in [-0.25, -0.2) is 18.6 Å². The molecule has 0 spiro atoms. The van der Waals surface area contributed by atoms with Gasteiger partial charge in [-0.2, -0.15) is 0 Å². The van der Waals surface area contributed by atoms with Gasteiger partial charge in [-0.15, -0.1) is 0 Å². The molecule has 29 heavy (non-hydrogen) atoms. The number of amides is 2. The van der Waals surface area contributed by atoms with Gasteiger partial charge in [0.1, 0.15) is 11.3 Å². The number of alkyl carbamates (subject to hydrolysis) is 1. The van der Waals surface area contributed by atoms with E-state index in [9.17, 15) is 18.4 Å². The number of hydroxylamine groups is 2. The van der Waals surface area contributed by atoms with Crippen LogP contribution >= 0.6 is 0 Å². The number of nitrogens with zero attached hydrogens (tertiary/aromatic N) is 2. The first-order valence-corrected chi connectivity index (χ1v) is 10.3. The predicted octanol–water partition coefficient (Wildman–Crippen LogP) is 2.98. The van der Waals surface area contributed by atoms with E-state index in [0.717, 1.165) is 24.6 Å². The van der Waals surface area contributed by atoms with E-state index in [4.69, 9.17) is 4.74 Å². The smallest absolute Gasteiger partial charge is 0.407 e. The molecule has 1 unspecified atom stereocenters. The Labute approximate surface area is 172 Å². The summed E-state index contributed by atoms with van der Waals surface area (Å²) in [6.07, 6.45) is 2.49. The maximum absolute atomic E-state index is 14.1. The van der Waals surface area contributed by atoms with Crippen molar-refractivity contribution in [2.24, 2.45) is 0 Å². The number of carbonyl (C=O) groups excluding carboxylic acids is 2. The Balaban J connectivity index is 0.000000253. The molecule has 168 valence electrons. The third-order valence-electron chi connectivity index (χ3n) is 5.42. The van der Waals surface area contributed by atoms with Crippen molar-refractivity contribution in [3.05, 3.63) is 0 Å². The van der Waals surface area contributed by atoms with Gasteiger partial charge >= 0.3 is 6.09 Å². The lowest BCUT2D eigenvalue weighted by molar-refractivity contribution is -0.176. The predicted molar refractivity (Wildman–Crippen MR) is 105 cm³/mol. The third kappa shape index (κ3) is 6.50. The lowest BCUT2D eigenvalue weighted by Crippen LogP contribution is -2.64. The minimum atomic E-state index is -1.61. The molecule has 3 aliphatic rings. The van der Waals surface area contributed by atoms with Gasteiger partial charge in [0.15, 0.2) is 5.67 Å². The van der Waals surface area contributed by atoms with Crippen molar-refractivity contribution < 1.29 is 27.9 Å². The fourth-order valence-electron chi connectivity index (χ4n) is 3.43. The summed E-state index contributed by atoms with van der Waals surface area (Å²) in [4.78, 5) is 29.1.